The molecule has 0 heterocycles. The van der Waals surface area contributed by atoms with Gasteiger partial charge in [0, 0.05) is 0 Å². The number of hydrogen-bond donors (Lipinski definition) is 0. The average Bonchev–Trinajstić information content (AvgIpc) is 0.722. The first-order valence-corrected chi connectivity index (χ1v) is 2.00. The van der Waals surface area contributed by atoms with Crippen molar-refractivity contribution in [1.82, 2.24) is 0 Å². The summed E-state index contributed by atoms with van der Waals surface area (Å²) >= 11 is 0. The van der Waals surface area contributed by atoms with Gasteiger partial charge in [0.1, 0.15) is 0 Å². The monoisotopic (exact) mass is 96.1 g/mol. The molecule has 0 N–H and O–H groups in total. The van der Waals surface area contributed by atoms with E-state index in [0.717, 1.165) is 0 Å². The molecule has 0 aromatic heterocycles. The van der Waals surface area contributed by atoms with E-state index < -0.39 is 0 Å². The summed E-state index contributed by atoms with van der Waals surface area (Å²) in [5.74, 6) is 0. The van der Waals surface area contributed by atoms with Crippen molar-refractivity contribution in [2.75, 3.05) is 0 Å². The van der Waals surface area contributed by atoms with Crippen molar-refractivity contribution >= 4 is 29.6 Å². The molecule has 0 saturated heterocycles. The van der Waals surface area contributed by atoms with E-state index in [9.17, 15) is 0 Å². The molecule has 0 aromatic carbocycles. The minimum atomic E-state index is 0. The van der Waals surface area contributed by atoms with Crippen LogP contribution in [0.25, 0.3) is 0 Å². The Hall–Kier alpha value is 1.00. The summed E-state index contributed by atoms with van der Waals surface area (Å²) < 4.78 is 0. The van der Waals surface area contributed by atoms with Gasteiger partial charge in [0.15, 0.2) is 0 Å². The Labute approximate surface area is 62.6 Å². The van der Waals surface area contributed by atoms with Gasteiger partial charge < -0.3 is 0 Å². The first-order chi connectivity index (χ1) is 2.00. The summed E-state index contributed by atoms with van der Waals surface area (Å²) in [7, 11) is 0. The van der Waals surface area contributed by atoms with Gasteiger partial charge >= 0.3 is 29.6 Å². The molecule has 0 aliphatic carbocycles. The van der Waals surface area contributed by atoms with E-state index in [1.165, 1.54) is 0 Å². The second-order valence-electron chi connectivity index (χ2n) is 3.00. The first kappa shape index (κ1) is 10.1. The van der Waals surface area contributed by atoms with E-state index in [2.05, 4.69) is 27.7 Å². The van der Waals surface area contributed by atoms with Gasteiger partial charge in [0.05, 0.1) is 0 Å². The van der Waals surface area contributed by atoms with Crippen molar-refractivity contribution in [2.24, 2.45) is 5.41 Å². The zero-order valence-electron chi connectivity index (χ0n) is 4.50. The first-order valence-electron chi connectivity index (χ1n) is 2.00. The Kier molecular flexibility index (Phi) is 5.14. The van der Waals surface area contributed by atoms with Crippen LogP contribution in [-0.4, -0.2) is 29.6 Å². The fourth-order valence-electron chi connectivity index (χ4n) is 0. The average molecular weight is 96.1 g/mol. The van der Waals surface area contributed by atoms with Crippen molar-refractivity contribution < 1.29 is 0 Å². The van der Waals surface area contributed by atoms with Crippen LogP contribution < -0.4 is 0 Å². The van der Waals surface area contributed by atoms with Crippen LogP contribution in [0, 0.1) is 5.41 Å². The molecule has 0 rings (SSSR count). The fraction of sp³-hybridized carbons (Fsp3) is 1.00. The Balaban J connectivity index is 0. The molecular formula is C5H13Na. The maximum atomic E-state index is 2.19. The summed E-state index contributed by atoms with van der Waals surface area (Å²) in [6.45, 7) is 8.75. The van der Waals surface area contributed by atoms with Crippen LogP contribution in [-0.2, 0) is 0 Å². The summed E-state index contributed by atoms with van der Waals surface area (Å²) in [6, 6.07) is 0. The number of hydrogen-bond acceptors (Lipinski definition) is 0. The molecule has 0 atom stereocenters. The third-order valence-electron chi connectivity index (χ3n) is 0. The van der Waals surface area contributed by atoms with Gasteiger partial charge in [0.25, 0.3) is 0 Å². The van der Waals surface area contributed by atoms with Crippen LogP contribution in [0.15, 0.2) is 0 Å². The topological polar surface area (TPSA) is 0 Å². The molecule has 34 valence electrons. The summed E-state index contributed by atoms with van der Waals surface area (Å²) in [5.41, 5.74) is 0.500. The number of rotatable bonds is 0. The fourth-order valence-corrected chi connectivity index (χ4v) is 0. The standard InChI is InChI=1S/C5H12.Na.H/c1-5(2,3)4;;/h1-4H3;;. The summed E-state index contributed by atoms with van der Waals surface area (Å²) in [5, 5.41) is 0. The third kappa shape index (κ3) is 80.0. The van der Waals surface area contributed by atoms with E-state index in [-0.39, 0.29) is 29.6 Å². The SMILES string of the molecule is CC(C)(C)C.[NaH]. The molecule has 0 aliphatic rings. The third-order valence-corrected chi connectivity index (χ3v) is 0. The van der Waals surface area contributed by atoms with E-state index in [1.807, 2.05) is 0 Å². The minimum absolute atomic E-state index is 0. The molecule has 0 aliphatic heterocycles. The molecule has 0 fully saturated rings. The zero-order chi connectivity index (χ0) is 4.50. The summed E-state index contributed by atoms with van der Waals surface area (Å²) in [4.78, 5) is 0. The molecule has 0 amide bonds. The van der Waals surface area contributed by atoms with Crippen LogP contribution in [0.5, 0.6) is 0 Å². The Morgan fingerprint density at radius 1 is 0.833 bits per heavy atom. The molecule has 1 heteroatoms. The summed E-state index contributed by atoms with van der Waals surface area (Å²) in [6.07, 6.45) is 0. The van der Waals surface area contributed by atoms with E-state index >= 15 is 0 Å². The van der Waals surface area contributed by atoms with Crippen molar-refractivity contribution in [1.29, 1.82) is 0 Å². The Bertz CT molecular complexity index is 19.4. The Morgan fingerprint density at radius 2 is 0.833 bits per heavy atom. The second-order valence-corrected chi connectivity index (χ2v) is 3.00. The molecule has 6 heavy (non-hydrogen) atoms. The van der Waals surface area contributed by atoms with E-state index in [4.69, 9.17) is 0 Å². The van der Waals surface area contributed by atoms with Crippen LogP contribution in [0.4, 0.5) is 0 Å². The van der Waals surface area contributed by atoms with Gasteiger partial charge in [-0.15, -0.1) is 0 Å². The van der Waals surface area contributed by atoms with Crippen molar-refractivity contribution in [3.8, 4) is 0 Å². The molecule has 0 nitrogen and oxygen atoms in total. The Morgan fingerprint density at radius 3 is 0.833 bits per heavy atom. The van der Waals surface area contributed by atoms with Gasteiger partial charge in [-0.2, -0.15) is 0 Å². The van der Waals surface area contributed by atoms with Gasteiger partial charge in [-0.3, -0.25) is 0 Å². The molecule has 0 radical (unpaired) electrons. The van der Waals surface area contributed by atoms with Crippen LogP contribution in [0.2, 0.25) is 0 Å². The van der Waals surface area contributed by atoms with Crippen LogP contribution >= 0.6 is 0 Å². The van der Waals surface area contributed by atoms with Crippen molar-refractivity contribution in [3.63, 3.8) is 0 Å². The molecule has 0 bridgehead atoms. The van der Waals surface area contributed by atoms with Crippen molar-refractivity contribution in [2.45, 2.75) is 27.7 Å². The van der Waals surface area contributed by atoms with Gasteiger partial charge in [0.2, 0.25) is 0 Å². The normalized spacial score (nSPS) is 10.0. The van der Waals surface area contributed by atoms with Gasteiger partial charge in [-0.1, -0.05) is 27.7 Å². The predicted molar refractivity (Wildman–Crippen MR) is 32.3 cm³/mol. The quantitative estimate of drug-likeness (QED) is 0.400. The molecule has 0 unspecified atom stereocenters. The van der Waals surface area contributed by atoms with Crippen molar-refractivity contribution in [3.05, 3.63) is 0 Å². The second kappa shape index (κ2) is 3.06. The predicted octanol–water partition coefficient (Wildman–Crippen LogP) is 1.40. The van der Waals surface area contributed by atoms with E-state index in [0.29, 0.717) is 5.41 Å². The van der Waals surface area contributed by atoms with Gasteiger partial charge in [-0.25, -0.2) is 0 Å². The zero-order valence-corrected chi connectivity index (χ0v) is 4.50. The maximum absolute atomic E-state index is 2.19. The molecule has 0 spiro atoms. The molecular weight excluding hydrogens is 83.0 g/mol. The van der Waals surface area contributed by atoms with Gasteiger partial charge in [-0.05, 0) is 5.41 Å². The van der Waals surface area contributed by atoms with Crippen LogP contribution in [0.1, 0.15) is 27.7 Å². The molecule has 0 saturated carbocycles. The van der Waals surface area contributed by atoms with Crippen LogP contribution in [0.3, 0.4) is 0 Å². The molecule has 0 aromatic rings. The van der Waals surface area contributed by atoms with E-state index in [1.54, 1.807) is 0 Å².